The van der Waals surface area contributed by atoms with Crippen molar-refractivity contribution in [1.82, 2.24) is 15.5 Å². The summed E-state index contributed by atoms with van der Waals surface area (Å²) in [5.74, 6) is 1.06. The molecule has 0 fully saturated rings. The molecule has 0 aliphatic carbocycles. The predicted octanol–water partition coefficient (Wildman–Crippen LogP) is 3.65. The molecule has 2 aromatic rings. The van der Waals surface area contributed by atoms with Gasteiger partial charge in [0.25, 0.3) is 0 Å². The molecule has 0 spiro atoms. The van der Waals surface area contributed by atoms with Crippen LogP contribution in [0, 0.1) is 11.2 Å². The number of aryl methyl sites for hydroxylation is 1. The Morgan fingerprint density at radius 3 is 2.43 bits per heavy atom. The largest absolute Gasteiger partial charge is 0.339 e. The van der Waals surface area contributed by atoms with Crippen LogP contribution in [-0.4, -0.2) is 10.1 Å². The smallest absolute Gasteiger partial charge is 0.226 e. The Bertz CT molecular complexity index is 572. The topological polar surface area (TPSA) is 51.0 Å². The summed E-state index contributed by atoms with van der Waals surface area (Å²) in [5.41, 5.74) is 1.03. The zero-order valence-electron chi connectivity index (χ0n) is 13.0. The van der Waals surface area contributed by atoms with Gasteiger partial charge in [0.1, 0.15) is 5.82 Å². The summed E-state index contributed by atoms with van der Waals surface area (Å²) < 4.78 is 18.2. The van der Waals surface area contributed by atoms with Crippen LogP contribution in [0.15, 0.2) is 28.8 Å². The van der Waals surface area contributed by atoms with Gasteiger partial charge in [-0.2, -0.15) is 4.98 Å². The summed E-state index contributed by atoms with van der Waals surface area (Å²) in [6, 6.07) is 6.66. The van der Waals surface area contributed by atoms with E-state index in [2.05, 4.69) is 36.2 Å². The molecular weight excluding hydrogens is 269 g/mol. The average molecular weight is 291 g/mol. The molecule has 2 rings (SSSR count). The quantitative estimate of drug-likeness (QED) is 0.913. The number of halogens is 1. The van der Waals surface area contributed by atoms with E-state index >= 15 is 0 Å². The Balaban J connectivity index is 2.12. The fourth-order valence-electron chi connectivity index (χ4n) is 2.28. The number of benzene rings is 1. The molecule has 4 nitrogen and oxygen atoms in total. The van der Waals surface area contributed by atoms with Crippen LogP contribution in [0.2, 0.25) is 0 Å². The molecule has 0 aliphatic rings. The van der Waals surface area contributed by atoms with Crippen LogP contribution in [0.1, 0.15) is 51.0 Å². The van der Waals surface area contributed by atoms with Crippen molar-refractivity contribution in [3.63, 3.8) is 0 Å². The van der Waals surface area contributed by atoms with Crippen molar-refractivity contribution < 1.29 is 8.91 Å². The van der Waals surface area contributed by atoms with E-state index in [9.17, 15) is 4.39 Å². The zero-order chi connectivity index (χ0) is 15.5. The average Bonchev–Trinajstić information content (AvgIpc) is 2.87. The van der Waals surface area contributed by atoms with Crippen molar-refractivity contribution in [2.75, 3.05) is 0 Å². The van der Waals surface area contributed by atoms with Crippen molar-refractivity contribution >= 4 is 0 Å². The second-order valence-electron chi connectivity index (χ2n) is 6.19. The Hall–Kier alpha value is -1.75. The monoisotopic (exact) mass is 291 g/mol. The molecular formula is C16H22FN3O. The summed E-state index contributed by atoms with van der Waals surface area (Å²) in [6.45, 7) is 8.91. The van der Waals surface area contributed by atoms with Crippen LogP contribution in [0.3, 0.4) is 0 Å². The molecule has 0 amide bonds. The minimum absolute atomic E-state index is 0.0187. The van der Waals surface area contributed by atoms with Gasteiger partial charge in [-0.25, -0.2) is 4.39 Å². The normalized spacial score (nSPS) is 13.4. The molecule has 114 valence electrons. The van der Waals surface area contributed by atoms with Gasteiger partial charge < -0.3 is 9.84 Å². The number of nitrogens with one attached hydrogen (secondary N) is 1. The molecule has 0 radical (unpaired) electrons. The van der Waals surface area contributed by atoms with Gasteiger partial charge in [-0.1, -0.05) is 45.0 Å². The third-order valence-corrected chi connectivity index (χ3v) is 3.35. The van der Waals surface area contributed by atoms with Gasteiger partial charge in [-0.15, -0.1) is 0 Å². The van der Waals surface area contributed by atoms with Gasteiger partial charge in [0, 0.05) is 12.5 Å². The van der Waals surface area contributed by atoms with Crippen LogP contribution in [-0.2, 0) is 13.0 Å². The Labute approximate surface area is 124 Å². The Morgan fingerprint density at radius 1 is 1.24 bits per heavy atom. The number of nitrogens with zero attached hydrogens (tertiary/aromatic N) is 2. The summed E-state index contributed by atoms with van der Waals surface area (Å²) in [5, 5.41) is 7.38. The number of hydrogen-bond donors (Lipinski definition) is 1. The van der Waals surface area contributed by atoms with E-state index in [1.165, 1.54) is 12.1 Å². The number of aromatic nitrogens is 2. The lowest BCUT2D eigenvalue weighted by molar-refractivity contribution is 0.267. The first-order valence-corrected chi connectivity index (χ1v) is 7.20. The Kier molecular flexibility index (Phi) is 4.73. The lowest BCUT2D eigenvalue weighted by Gasteiger charge is -2.31. The molecule has 1 atom stereocenters. The lowest BCUT2D eigenvalue weighted by atomic mass is 9.82. The second kappa shape index (κ2) is 6.35. The molecule has 0 aliphatic heterocycles. The summed E-state index contributed by atoms with van der Waals surface area (Å²) in [6.07, 6.45) is 0.730. The number of rotatable bonds is 5. The standard InChI is InChI=1S/C16H22FN3O/c1-5-14-19-13(20-21-14)10-18-15(16(2,3)4)11-6-8-12(17)9-7-11/h6-9,15,18H,5,10H2,1-4H3/t15-/m0/s1. The third kappa shape index (κ3) is 4.11. The van der Waals surface area contributed by atoms with E-state index in [1.54, 1.807) is 0 Å². The Morgan fingerprint density at radius 2 is 1.90 bits per heavy atom. The molecule has 21 heavy (non-hydrogen) atoms. The van der Waals surface area contributed by atoms with Gasteiger partial charge in [-0.05, 0) is 23.1 Å². The molecule has 5 heteroatoms. The SMILES string of the molecule is CCc1nc(CN[C@@H](c2ccc(F)cc2)C(C)(C)C)no1. The highest BCUT2D eigenvalue weighted by atomic mass is 19.1. The maximum Gasteiger partial charge on any atom is 0.226 e. The van der Waals surface area contributed by atoms with Crippen molar-refractivity contribution in [1.29, 1.82) is 0 Å². The van der Waals surface area contributed by atoms with Crippen LogP contribution in [0.25, 0.3) is 0 Å². The second-order valence-corrected chi connectivity index (χ2v) is 6.19. The van der Waals surface area contributed by atoms with E-state index in [0.717, 1.165) is 12.0 Å². The van der Waals surface area contributed by atoms with Crippen molar-refractivity contribution in [2.45, 2.75) is 46.7 Å². The maximum absolute atomic E-state index is 13.1. The molecule has 0 saturated carbocycles. The highest BCUT2D eigenvalue weighted by Crippen LogP contribution is 2.32. The van der Waals surface area contributed by atoms with Crippen LogP contribution >= 0.6 is 0 Å². The van der Waals surface area contributed by atoms with Crippen LogP contribution in [0.4, 0.5) is 4.39 Å². The fraction of sp³-hybridized carbons (Fsp3) is 0.500. The van der Waals surface area contributed by atoms with Crippen molar-refractivity contribution in [2.24, 2.45) is 5.41 Å². The number of hydrogen-bond acceptors (Lipinski definition) is 4. The van der Waals surface area contributed by atoms with Gasteiger partial charge in [0.15, 0.2) is 5.82 Å². The van der Waals surface area contributed by atoms with Crippen LogP contribution in [0.5, 0.6) is 0 Å². The summed E-state index contributed by atoms with van der Waals surface area (Å²) >= 11 is 0. The van der Waals surface area contributed by atoms with E-state index in [4.69, 9.17) is 4.52 Å². The third-order valence-electron chi connectivity index (χ3n) is 3.35. The zero-order valence-corrected chi connectivity index (χ0v) is 13.0. The summed E-state index contributed by atoms with van der Waals surface area (Å²) in [4.78, 5) is 4.29. The van der Waals surface area contributed by atoms with Crippen molar-refractivity contribution in [3.8, 4) is 0 Å². The fourth-order valence-corrected chi connectivity index (χ4v) is 2.28. The first-order chi connectivity index (χ1) is 9.90. The predicted molar refractivity (Wildman–Crippen MR) is 79.1 cm³/mol. The molecule has 1 aromatic heterocycles. The van der Waals surface area contributed by atoms with E-state index in [1.807, 2.05) is 19.1 Å². The molecule has 1 aromatic carbocycles. The first kappa shape index (κ1) is 15.6. The molecule has 1 heterocycles. The lowest BCUT2D eigenvalue weighted by Crippen LogP contribution is -2.32. The molecule has 0 saturated heterocycles. The van der Waals surface area contributed by atoms with E-state index < -0.39 is 0 Å². The van der Waals surface area contributed by atoms with Gasteiger partial charge in [0.2, 0.25) is 5.89 Å². The molecule has 0 bridgehead atoms. The minimum atomic E-state index is -0.225. The highest BCUT2D eigenvalue weighted by molar-refractivity contribution is 5.21. The van der Waals surface area contributed by atoms with E-state index in [-0.39, 0.29) is 17.3 Å². The highest BCUT2D eigenvalue weighted by Gasteiger charge is 2.26. The van der Waals surface area contributed by atoms with Gasteiger partial charge >= 0.3 is 0 Å². The van der Waals surface area contributed by atoms with Gasteiger partial charge in [0.05, 0.1) is 6.54 Å². The van der Waals surface area contributed by atoms with Gasteiger partial charge in [-0.3, -0.25) is 0 Å². The first-order valence-electron chi connectivity index (χ1n) is 7.20. The maximum atomic E-state index is 13.1. The minimum Gasteiger partial charge on any atom is -0.339 e. The van der Waals surface area contributed by atoms with Crippen LogP contribution < -0.4 is 5.32 Å². The van der Waals surface area contributed by atoms with E-state index in [0.29, 0.717) is 18.3 Å². The summed E-state index contributed by atoms with van der Waals surface area (Å²) in [7, 11) is 0. The molecule has 0 unspecified atom stereocenters. The molecule has 1 N–H and O–H groups in total. The van der Waals surface area contributed by atoms with Crippen molar-refractivity contribution in [3.05, 3.63) is 47.4 Å².